The molecule has 1 fully saturated rings. The van der Waals surface area contributed by atoms with Crippen molar-refractivity contribution in [2.24, 2.45) is 5.41 Å². The molecule has 0 amide bonds. The average Bonchev–Trinajstić information content (AvgIpc) is 2.27. The number of nitrogens with zero attached hydrogens (tertiary/aromatic N) is 1. The number of sulfonamides is 1. The van der Waals surface area contributed by atoms with Crippen LogP contribution >= 0.6 is 15.9 Å². The highest BCUT2D eigenvalue weighted by Gasteiger charge is 2.32. The molecule has 18 heavy (non-hydrogen) atoms. The molecule has 0 aromatic rings. The van der Waals surface area contributed by atoms with E-state index in [9.17, 15) is 8.42 Å². The summed E-state index contributed by atoms with van der Waals surface area (Å²) < 4.78 is 26.6. The normalized spacial score (nSPS) is 23.2. The van der Waals surface area contributed by atoms with Crippen LogP contribution in [0.25, 0.3) is 0 Å². The van der Waals surface area contributed by atoms with Crippen LogP contribution in [0.2, 0.25) is 0 Å². The molecule has 5 heteroatoms. The van der Waals surface area contributed by atoms with Crippen LogP contribution in [-0.2, 0) is 10.0 Å². The molecule has 0 aliphatic carbocycles. The van der Waals surface area contributed by atoms with Crippen molar-refractivity contribution in [3.8, 4) is 0 Å². The summed E-state index contributed by atoms with van der Waals surface area (Å²) in [7, 11) is -3.08. The van der Waals surface area contributed by atoms with Gasteiger partial charge in [-0.05, 0) is 31.1 Å². The van der Waals surface area contributed by atoms with Crippen LogP contribution in [-0.4, -0.2) is 36.4 Å². The van der Waals surface area contributed by atoms with E-state index in [0.29, 0.717) is 6.54 Å². The Kier molecular flexibility index (Phi) is 6.13. The van der Waals surface area contributed by atoms with Crippen molar-refractivity contribution in [3.63, 3.8) is 0 Å². The minimum Gasteiger partial charge on any atom is -0.212 e. The molecule has 108 valence electrons. The number of hydrogen-bond acceptors (Lipinski definition) is 2. The fraction of sp³-hybridized carbons (Fsp3) is 1.00. The first-order chi connectivity index (χ1) is 8.26. The Balaban J connectivity index is 2.69. The summed E-state index contributed by atoms with van der Waals surface area (Å²) in [5.74, 6) is 0.287. The largest absolute Gasteiger partial charge is 0.214 e. The van der Waals surface area contributed by atoms with Gasteiger partial charge in [-0.2, -0.15) is 4.31 Å². The summed E-state index contributed by atoms with van der Waals surface area (Å²) in [6, 6.07) is 0.211. The van der Waals surface area contributed by atoms with Gasteiger partial charge in [-0.3, -0.25) is 0 Å². The summed E-state index contributed by atoms with van der Waals surface area (Å²) >= 11 is 3.43. The molecule has 1 aliphatic rings. The maximum atomic E-state index is 12.4. The summed E-state index contributed by atoms with van der Waals surface area (Å²) in [4.78, 5) is 0. The van der Waals surface area contributed by atoms with E-state index in [1.807, 2.05) is 0 Å². The van der Waals surface area contributed by atoms with E-state index in [4.69, 9.17) is 0 Å². The smallest absolute Gasteiger partial charge is 0.212 e. The number of alkyl halides is 1. The lowest BCUT2D eigenvalue weighted by Crippen LogP contribution is -2.45. The minimum absolute atomic E-state index is 0.0772. The van der Waals surface area contributed by atoms with E-state index in [0.717, 1.165) is 37.4 Å². The third kappa shape index (κ3) is 5.17. The van der Waals surface area contributed by atoms with Gasteiger partial charge in [0.05, 0.1) is 5.75 Å². The lowest BCUT2D eigenvalue weighted by atomic mass is 9.94. The zero-order valence-corrected chi connectivity index (χ0v) is 14.2. The molecule has 0 N–H and O–H groups in total. The molecule has 3 nitrogen and oxygen atoms in total. The Morgan fingerprint density at radius 3 is 2.50 bits per heavy atom. The van der Waals surface area contributed by atoms with E-state index >= 15 is 0 Å². The van der Waals surface area contributed by atoms with Gasteiger partial charge in [-0.1, -0.05) is 43.1 Å². The predicted molar refractivity (Wildman–Crippen MR) is 80.6 cm³/mol. The molecule has 0 aromatic carbocycles. The maximum Gasteiger partial charge on any atom is 0.214 e. The fourth-order valence-corrected chi connectivity index (χ4v) is 5.01. The molecule has 0 spiro atoms. The minimum atomic E-state index is -3.08. The topological polar surface area (TPSA) is 37.4 Å². The summed E-state index contributed by atoms with van der Waals surface area (Å²) in [5.41, 5.74) is 0.0772. The van der Waals surface area contributed by atoms with E-state index in [1.54, 1.807) is 4.31 Å². The Morgan fingerprint density at radius 1 is 1.28 bits per heavy atom. The molecule has 1 atom stereocenters. The van der Waals surface area contributed by atoms with Crippen LogP contribution in [0.3, 0.4) is 0 Å². The third-order valence-corrected chi connectivity index (χ3v) is 5.86. The highest BCUT2D eigenvalue weighted by molar-refractivity contribution is 9.09. The summed E-state index contributed by atoms with van der Waals surface area (Å²) in [5, 5.41) is 0.878. The molecule has 0 aromatic heterocycles. The van der Waals surface area contributed by atoms with Gasteiger partial charge >= 0.3 is 0 Å². The van der Waals surface area contributed by atoms with Crippen molar-refractivity contribution < 1.29 is 8.42 Å². The van der Waals surface area contributed by atoms with Crippen molar-refractivity contribution in [3.05, 3.63) is 0 Å². The van der Waals surface area contributed by atoms with Gasteiger partial charge in [0.1, 0.15) is 0 Å². The second-order valence-electron chi connectivity index (χ2n) is 6.36. The molecule has 0 bridgehead atoms. The Hall–Kier alpha value is 0.390. The van der Waals surface area contributed by atoms with Crippen molar-refractivity contribution in [1.29, 1.82) is 0 Å². The van der Waals surface area contributed by atoms with Crippen molar-refractivity contribution in [2.75, 3.05) is 17.6 Å². The maximum absolute atomic E-state index is 12.4. The van der Waals surface area contributed by atoms with Crippen LogP contribution in [0, 0.1) is 5.41 Å². The van der Waals surface area contributed by atoms with Crippen molar-refractivity contribution in [2.45, 2.75) is 58.9 Å². The molecule has 0 saturated carbocycles. The van der Waals surface area contributed by atoms with Crippen molar-refractivity contribution in [1.82, 2.24) is 4.31 Å². The summed E-state index contributed by atoms with van der Waals surface area (Å²) in [6.45, 7) is 6.99. The number of piperidine rings is 1. The lowest BCUT2D eigenvalue weighted by Gasteiger charge is -2.35. The van der Waals surface area contributed by atoms with Crippen LogP contribution in [0.1, 0.15) is 52.9 Å². The number of halogens is 1. The second kappa shape index (κ2) is 6.71. The van der Waals surface area contributed by atoms with Gasteiger partial charge in [0.15, 0.2) is 0 Å². The molecule has 1 unspecified atom stereocenters. The molecule has 1 saturated heterocycles. The van der Waals surface area contributed by atoms with Crippen LogP contribution in [0.15, 0.2) is 0 Å². The Bertz CT molecular complexity index is 346. The van der Waals surface area contributed by atoms with E-state index in [1.165, 1.54) is 0 Å². The van der Waals surface area contributed by atoms with E-state index in [2.05, 4.69) is 36.7 Å². The van der Waals surface area contributed by atoms with Gasteiger partial charge in [0, 0.05) is 17.9 Å². The average molecular weight is 340 g/mol. The zero-order valence-electron chi connectivity index (χ0n) is 11.8. The first-order valence-corrected chi connectivity index (χ1v) is 9.55. The first-order valence-electron chi connectivity index (χ1n) is 6.82. The van der Waals surface area contributed by atoms with Crippen LogP contribution in [0.5, 0.6) is 0 Å². The van der Waals surface area contributed by atoms with Gasteiger partial charge in [-0.15, -0.1) is 0 Å². The molecular weight excluding hydrogens is 314 g/mol. The number of rotatable bonds is 5. The van der Waals surface area contributed by atoms with Crippen LogP contribution < -0.4 is 0 Å². The fourth-order valence-electron chi connectivity index (χ4n) is 2.31. The molecule has 1 rings (SSSR count). The highest BCUT2D eigenvalue weighted by Crippen LogP contribution is 2.26. The summed E-state index contributed by atoms with van der Waals surface area (Å²) in [6.07, 6.45) is 4.83. The molecule has 1 aliphatic heterocycles. The highest BCUT2D eigenvalue weighted by atomic mass is 79.9. The van der Waals surface area contributed by atoms with E-state index in [-0.39, 0.29) is 17.2 Å². The molecule has 1 heterocycles. The predicted octanol–water partition coefficient (Wildman–Crippen LogP) is 3.39. The molecular formula is C13H26BrNO2S. The SMILES string of the molecule is CC(C)(C)CCS(=O)(=O)N1CCCCC1CCBr. The monoisotopic (exact) mass is 339 g/mol. The zero-order chi connectivity index (χ0) is 13.8. The second-order valence-corrected chi connectivity index (χ2v) is 9.20. The van der Waals surface area contributed by atoms with Crippen molar-refractivity contribution >= 4 is 26.0 Å². The van der Waals surface area contributed by atoms with E-state index < -0.39 is 10.0 Å². The Labute approximate surface area is 121 Å². The third-order valence-electron chi connectivity index (χ3n) is 3.48. The Morgan fingerprint density at radius 2 is 1.94 bits per heavy atom. The van der Waals surface area contributed by atoms with Gasteiger partial charge in [0.25, 0.3) is 0 Å². The standard InChI is InChI=1S/C13H26BrNO2S/c1-13(2,3)8-11-18(16,17)15-10-5-4-6-12(15)7-9-14/h12H,4-11H2,1-3H3. The number of hydrogen-bond donors (Lipinski definition) is 0. The molecule has 0 radical (unpaired) electrons. The van der Waals surface area contributed by atoms with Gasteiger partial charge < -0.3 is 0 Å². The lowest BCUT2D eigenvalue weighted by molar-refractivity contribution is 0.246. The van der Waals surface area contributed by atoms with Gasteiger partial charge in [0.2, 0.25) is 10.0 Å². The van der Waals surface area contributed by atoms with Gasteiger partial charge in [-0.25, -0.2) is 8.42 Å². The first kappa shape index (κ1) is 16.4. The van der Waals surface area contributed by atoms with Crippen LogP contribution in [0.4, 0.5) is 0 Å². The quantitative estimate of drug-likeness (QED) is 0.720.